The van der Waals surface area contributed by atoms with E-state index in [1.54, 1.807) is 4.72 Å². The van der Waals surface area contributed by atoms with Gasteiger partial charge in [-0.05, 0) is 19.1 Å². The van der Waals surface area contributed by atoms with Crippen LogP contribution in [-0.4, -0.2) is 23.7 Å². The minimum Gasteiger partial charge on any atom is -0.392 e. The Hall–Kier alpha value is -1.52. The third-order valence-corrected chi connectivity index (χ3v) is 4.47. The van der Waals surface area contributed by atoms with E-state index < -0.39 is 39.0 Å². The molecule has 6 nitrogen and oxygen atoms in total. The molecule has 2 aromatic rings. The Labute approximate surface area is 127 Å². The van der Waals surface area contributed by atoms with E-state index in [-0.39, 0.29) is 10.0 Å². The summed E-state index contributed by atoms with van der Waals surface area (Å²) < 4.78 is 53.5. The van der Waals surface area contributed by atoms with Crippen molar-refractivity contribution in [3.63, 3.8) is 0 Å². The summed E-state index contributed by atoms with van der Waals surface area (Å²) in [6.45, 7) is 0.933. The molecule has 0 saturated heterocycles. The van der Waals surface area contributed by atoms with E-state index in [9.17, 15) is 17.2 Å². The second-order valence-corrected chi connectivity index (χ2v) is 6.65. The zero-order valence-electron chi connectivity index (χ0n) is 10.6. The van der Waals surface area contributed by atoms with Crippen LogP contribution in [-0.2, 0) is 16.6 Å². The summed E-state index contributed by atoms with van der Waals surface area (Å²) in [7, 11) is -4.34. The number of hydrogen-bond acceptors (Lipinski definition) is 4. The molecule has 0 fully saturated rings. The molecule has 10 heteroatoms. The van der Waals surface area contributed by atoms with Gasteiger partial charge >= 0.3 is 0 Å². The minimum absolute atomic E-state index is 0.0282. The fourth-order valence-electron chi connectivity index (χ4n) is 1.66. The molecule has 0 radical (unpaired) electrons. The first kappa shape index (κ1) is 15.9. The lowest BCUT2D eigenvalue weighted by Gasteiger charge is -2.09. The van der Waals surface area contributed by atoms with Gasteiger partial charge in [0.1, 0.15) is 5.69 Å². The van der Waals surface area contributed by atoms with Crippen LogP contribution in [0.25, 0.3) is 0 Å². The highest BCUT2D eigenvalue weighted by molar-refractivity contribution is 9.10. The zero-order valence-corrected chi connectivity index (χ0v) is 13.0. The van der Waals surface area contributed by atoms with Crippen molar-refractivity contribution in [3.05, 3.63) is 39.5 Å². The number of aromatic amines is 1. The van der Waals surface area contributed by atoms with E-state index >= 15 is 0 Å². The molecule has 0 aliphatic heterocycles. The molecule has 0 atom stereocenters. The molecule has 2 rings (SSSR count). The maximum atomic E-state index is 13.7. The fraction of sp³-hybridized carbons (Fsp3) is 0.182. The summed E-state index contributed by atoms with van der Waals surface area (Å²) in [5, 5.41) is 14.6. The highest BCUT2D eigenvalue weighted by atomic mass is 79.9. The van der Waals surface area contributed by atoms with Crippen LogP contribution in [0.3, 0.4) is 0 Å². The number of nitrogens with one attached hydrogen (secondary N) is 2. The van der Waals surface area contributed by atoms with Crippen LogP contribution in [0.1, 0.15) is 11.3 Å². The fourth-order valence-corrected chi connectivity index (χ4v) is 3.33. The average molecular weight is 382 g/mol. The molecule has 114 valence electrons. The van der Waals surface area contributed by atoms with Crippen molar-refractivity contribution in [2.75, 3.05) is 4.72 Å². The molecule has 1 aromatic heterocycles. The second kappa shape index (κ2) is 5.70. The van der Waals surface area contributed by atoms with Gasteiger partial charge < -0.3 is 5.11 Å². The molecule has 0 amide bonds. The number of aryl methyl sites for hydroxylation is 1. The van der Waals surface area contributed by atoms with Crippen molar-refractivity contribution in [2.24, 2.45) is 0 Å². The topological polar surface area (TPSA) is 95.1 Å². The van der Waals surface area contributed by atoms with Gasteiger partial charge in [-0.3, -0.25) is 9.82 Å². The lowest BCUT2D eigenvalue weighted by Crippen LogP contribution is -2.17. The van der Waals surface area contributed by atoms with Crippen molar-refractivity contribution >= 4 is 31.6 Å². The molecule has 0 unspecified atom stereocenters. The highest BCUT2D eigenvalue weighted by Gasteiger charge is 2.26. The number of aliphatic hydroxyl groups is 1. The third kappa shape index (κ3) is 3.06. The highest BCUT2D eigenvalue weighted by Crippen LogP contribution is 2.27. The predicted molar refractivity (Wildman–Crippen MR) is 74.1 cm³/mol. The van der Waals surface area contributed by atoms with Crippen molar-refractivity contribution < 1.29 is 22.3 Å². The van der Waals surface area contributed by atoms with Crippen LogP contribution in [0.5, 0.6) is 0 Å². The van der Waals surface area contributed by atoms with E-state index in [0.29, 0.717) is 5.69 Å². The Morgan fingerprint density at radius 3 is 2.48 bits per heavy atom. The predicted octanol–water partition coefficient (Wildman–Crippen LogP) is 2.05. The standard InChI is InChI=1S/C11H10BrF2N3O3S/c1-5-7(4-18)11(16-15-5)21(19,20)17-10-8(13)2-6(12)3-9(10)14/h2-3,17-18H,4H2,1H3,(H,15,16). The smallest absolute Gasteiger partial charge is 0.281 e. The van der Waals surface area contributed by atoms with Crippen molar-refractivity contribution in [1.29, 1.82) is 0 Å². The van der Waals surface area contributed by atoms with Gasteiger partial charge in [0.15, 0.2) is 11.6 Å². The van der Waals surface area contributed by atoms with Crippen LogP contribution in [0.2, 0.25) is 0 Å². The van der Waals surface area contributed by atoms with Gasteiger partial charge in [-0.2, -0.15) is 13.5 Å². The molecule has 0 aliphatic rings. The van der Waals surface area contributed by atoms with Crippen LogP contribution in [0.15, 0.2) is 21.6 Å². The quantitative estimate of drug-likeness (QED) is 0.755. The van der Waals surface area contributed by atoms with Gasteiger partial charge in [0.25, 0.3) is 10.0 Å². The molecule has 0 bridgehead atoms. The first-order valence-electron chi connectivity index (χ1n) is 5.58. The SMILES string of the molecule is Cc1[nH]nc(S(=O)(=O)Nc2c(F)cc(Br)cc2F)c1CO. The molecule has 1 heterocycles. The monoisotopic (exact) mass is 381 g/mol. The summed E-state index contributed by atoms with van der Waals surface area (Å²) in [6.07, 6.45) is 0. The number of sulfonamides is 1. The lowest BCUT2D eigenvalue weighted by atomic mass is 10.3. The number of aliphatic hydroxyl groups excluding tert-OH is 1. The van der Waals surface area contributed by atoms with E-state index in [1.807, 2.05) is 0 Å². The van der Waals surface area contributed by atoms with Crippen LogP contribution < -0.4 is 4.72 Å². The Kier molecular flexibility index (Phi) is 4.30. The molecule has 3 N–H and O–H groups in total. The lowest BCUT2D eigenvalue weighted by molar-refractivity contribution is 0.277. The Bertz CT molecular complexity index is 769. The second-order valence-electron chi connectivity index (χ2n) is 4.14. The van der Waals surface area contributed by atoms with Gasteiger partial charge in [-0.1, -0.05) is 15.9 Å². The van der Waals surface area contributed by atoms with E-state index in [2.05, 4.69) is 26.1 Å². The molecule has 1 aromatic carbocycles. The minimum atomic E-state index is -4.34. The van der Waals surface area contributed by atoms with Crippen molar-refractivity contribution in [2.45, 2.75) is 18.6 Å². The maximum absolute atomic E-state index is 13.7. The van der Waals surface area contributed by atoms with E-state index in [0.717, 1.165) is 12.1 Å². The summed E-state index contributed by atoms with van der Waals surface area (Å²) in [4.78, 5) is 0. The number of hydrogen-bond donors (Lipinski definition) is 3. The number of aromatic nitrogens is 2. The van der Waals surface area contributed by atoms with Gasteiger partial charge in [0.2, 0.25) is 5.03 Å². The number of halogens is 3. The van der Waals surface area contributed by atoms with Gasteiger partial charge in [0, 0.05) is 15.7 Å². The van der Waals surface area contributed by atoms with Crippen LogP contribution >= 0.6 is 15.9 Å². The van der Waals surface area contributed by atoms with E-state index in [1.165, 1.54) is 6.92 Å². The van der Waals surface area contributed by atoms with E-state index in [4.69, 9.17) is 5.11 Å². The Morgan fingerprint density at radius 2 is 1.95 bits per heavy atom. The number of benzene rings is 1. The molecule has 0 saturated carbocycles. The van der Waals surface area contributed by atoms with Gasteiger partial charge in [0.05, 0.1) is 6.61 Å². The van der Waals surface area contributed by atoms with Crippen LogP contribution in [0, 0.1) is 18.6 Å². The summed E-state index contributed by atoms with van der Waals surface area (Å²) >= 11 is 2.89. The van der Waals surface area contributed by atoms with Gasteiger partial charge in [-0.15, -0.1) is 0 Å². The molecular formula is C11H10BrF2N3O3S. The number of rotatable bonds is 4. The van der Waals surface area contributed by atoms with Gasteiger partial charge in [-0.25, -0.2) is 8.78 Å². The molecule has 0 aliphatic carbocycles. The normalized spacial score (nSPS) is 11.7. The molecule has 0 spiro atoms. The summed E-state index contributed by atoms with van der Waals surface area (Å²) in [5.74, 6) is -2.16. The van der Waals surface area contributed by atoms with Crippen LogP contribution in [0.4, 0.5) is 14.5 Å². The third-order valence-electron chi connectivity index (χ3n) is 2.69. The molecular weight excluding hydrogens is 372 g/mol. The van der Waals surface area contributed by atoms with Crippen molar-refractivity contribution in [1.82, 2.24) is 10.2 Å². The first-order chi connectivity index (χ1) is 9.76. The Morgan fingerprint density at radius 1 is 1.38 bits per heavy atom. The largest absolute Gasteiger partial charge is 0.392 e. The number of nitrogens with zero attached hydrogens (tertiary/aromatic N) is 1. The zero-order chi connectivity index (χ0) is 15.8. The maximum Gasteiger partial charge on any atom is 0.281 e. The van der Waals surface area contributed by atoms with Crippen molar-refractivity contribution in [3.8, 4) is 0 Å². The number of anilines is 1. The summed E-state index contributed by atoms with van der Waals surface area (Å²) in [5.41, 5.74) is -0.446. The molecule has 21 heavy (non-hydrogen) atoms. The first-order valence-corrected chi connectivity index (χ1v) is 7.86. The Balaban J connectivity index is 2.47. The summed E-state index contributed by atoms with van der Waals surface area (Å²) in [6, 6.07) is 1.84. The average Bonchev–Trinajstić information content (AvgIpc) is 2.75. The number of H-pyrrole nitrogens is 1.